The van der Waals surface area contributed by atoms with Gasteiger partial charge in [0.1, 0.15) is 0 Å². The second kappa shape index (κ2) is 10.8. The number of piperidine rings is 1. The van der Waals surface area contributed by atoms with Crippen LogP contribution in [0.25, 0.3) is 0 Å². The summed E-state index contributed by atoms with van der Waals surface area (Å²) in [6, 6.07) is 10.8. The van der Waals surface area contributed by atoms with Crippen molar-refractivity contribution in [3.63, 3.8) is 0 Å². The van der Waals surface area contributed by atoms with E-state index in [9.17, 15) is 13.2 Å². The number of sulfonamides is 1. The molecule has 2 aromatic rings. The highest BCUT2D eigenvalue weighted by Crippen LogP contribution is 2.27. The van der Waals surface area contributed by atoms with Crippen LogP contribution >= 0.6 is 0 Å². The van der Waals surface area contributed by atoms with Gasteiger partial charge in [0.25, 0.3) is 5.91 Å². The van der Waals surface area contributed by atoms with Gasteiger partial charge in [-0.15, -0.1) is 0 Å². The second-order valence-electron chi connectivity index (χ2n) is 8.91. The first kappa shape index (κ1) is 24.6. The van der Waals surface area contributed by atoms with Crippen molar-refractivity contribution in [2.45, 2.75) is 30.3 Å². The number of hydrogen-bond acceptors (Lipinski definition) is 7. The Morgan fingerprint density at radius 1 is 1.12 bits per heavy atom. The quantitative estimate of drug-likeness (QED) is 0.633. The third-order valence-corrected chi connectivity index (χ3v) is 8.19. The van der Waals surface area contributed by atoms with E-state index in [1.807, 2.05) is 18.2 Å². The summed E-state index contributed by atoms with van der Waals surface area (Å²) in [7, 11) is -0.673. The van der Waals surface area contributed by atoms with E-state index in [4.69, 9.17) is 4.74 Å². The number of carbonyl (C=O) groups excluding carboxylic acids is 1. The number of ether oxygens (including phenoxy) is 1. The monoisotopic (exact) mass is 487 g/mol. The standard InChI is InChI=1S/C24H33N5O4S/c1-27(2)34(31,32)21-6-7-23(29-13-15-33-16-14-29)22(17-21)24(30)26-19-8-11-28(12-9-19)18-20-5-3-4-10-25-20/h3-7,10,17,19H,8-9,11-16,18H2,1-2H3,(H,26,30). The van der Waals surface area contributed by atoms with Gasteiger partial charge >= 0.3 is 0 Å². The number of anilines is 1. The Kier molecular flexibility index (Phi) is 7.82. The molecule has 1 aromatic heterocycles. The average Bonchev–Trinajstić information content (AvgIpc) is 2.86. The maximum Gasteiger partial charge on any atom is 0.253 e. The minimum Gasteiger partial charge on any atom is -0.378 e. The highest BCUT2D eigenvalue weighted by atomic mass is 32.2. The summed E-state index contributed by atoms with van der Waals surface area (Å²) in [4.78, 5) is 22.3. The Hall–Kier alpha value is -2.53. The number of morpholine rings is 1. The van der Waals surface area contributed by atoms with Crippen molar-refractivity contribution >= 4 is 21.6 Å². The second-order valence-corrected chi connectivity index (χ2v) is 11.1. The Bertz CT molecular complexity index is 1080. The molecule has 2 aliphatic heterocycles. The lowest BCUT2D eigenvalue weighted by atomic mass is 10.0. The van der Waals surface area contributed by atoms with E-state index in [2.05, 4.69) is 20.1 Å². The Labute approximate surface area is 201 Å². The first-order valence-corrected chi connectivity index (χ1v) is 13.1. The van der Waals surface area contributed by atoms with Gasteiger partial charge < -0.3 is 15.0 Å². The number of nitrogens with one attached hydrogen (secondary N) is 1. The van der Waals surface area contributed by atoms with Crippen LogP contribution < -0.4 is 10.2 Å². The largest absolute Gasteiger partial charge is 0.378 e. The van der Waals surface area contributed by atoms with Crippen LogP contribution in [0.5, 0.6) is 0 Å². The SMILES string of the molecule is CN(C)S(=O)(=O)c1ccc(N2CCOCC2)c(C(=O)NC2CCN(Cc3ccccn3)CC2)c1. The Morgan fingerprint density at radius 2 is 1.85 bits per heavy atom. The summed E-state index contributed by atoms with van der Waals surface area (Å²) < 4.78 is 32.1. The van der Waals surface area contributed by atoms with Gasteiger partial charge in [-0.3, -0.25) is 14.7 Å². The predicted molar refractivity (Wildman–Crippen MR) is 130 cm³/mol. The molecule has 1 aromatic carbocycles. The zero-order valence-electron chi connectivity index (χ0n) is 19.8. The molecule has 0 atom stereocenters. The Balaban J connectivity index is 1.47. The van der Waals surface area contributed by atoms with Crippen molar-refractivity contribution in [2.75, 3.05) is 58.4 Å². The minimum absolute atomic E-state index is 0.0409. The van der Waals surface area contributed by atoms with Crippen molar-refractivity contribution in [1.82, 2.24) is 19.5 Å². The Morgan fingerprint density at radius 3 is 2.50 bits per heavy atom. The van der Waals surface area contributed by atoms with E-state index in [0.29, 0.717) is 31.9 Å². The molecule has 184 valence electrons. The third-order valence-electron chi connectivity index (χ3n) is 6.38. The highest BCUT2D eigenvalue weighted by molar-refractivity contribution is 7.89. The molecule has 0 radical (unpaired) electrons. The predicted octanol–water partition coefficient (Wildman–Crippen LogP) is 1.56. The number of aromatic nitrogens is 1. The number of amides is 1. The van der Waals surface area contributed by atoms with E-state index in [0.717, 1.165) is 48.2 Å². The molecule has 9 nitrogen and oxygen atoms in total. The molecule has 10 heteroatoms. The summed E-state index contributed by atoms with van der Waals surface area (Å²) in [5.41, 5.74) is 2.17. The van der Waals surface area contributed by atoms with Gasteiger partial charge in [0.15, 0.2) is 0 Å². The van der Waals surface area contributed by atoms with Crippen molar-refractivity contribution in [2.24, 2.45) is 0 Å². The fraction of sp³-hybridized carbons (Fsp3) is 0.500. The molecule has 0 bridgehead atoms. The number of benzene rings is 1. The van der Waals surface area contributed by atoms with Crippen LogP contribution in [-0.2, 0) is 21.3 Å². The molecule has 3 heterocycles. The summed E-state index contributed by atoms with van der Waals surface area (Å²) in [5.74, 6) is -0.236. The topological polar surface area (TPSA) is 95.1 Å². The third kappa shape index (κ3) is 5.75. The summed E-state index contributed by atoms with van der Waals surface area (Å²) in [6.07, 6.45) is 3.47. The van der Waals surface area contributed by atoms with Crippen LogP contribution in [0.4, 0.5) is 5.69 Å². The zero-order chi connectivity index (χ0) is 24.1. The molecule has 0 spiro atoms. The average molecular weight is 488 g/mol. The summed E-state index contributed by atoms with van der Waals surface area (Å²) >= 11 is 0. The van der Waals surface area contributed by atoms with Crippen LogP contribution in [0, 0.1) is 0 Å². The normalized spacial score (nSPS) is 18.3. The van der Waals surface area contributed by atoms with Gasteiger partial charge in [-0.1, -0.05) is 6.07 Å². The first-order valence-electron chi connectivity index (χ1n) is 11.7. The van der Waals surface area contributed by atoms with Gasteiger partial charge in [0.05, 0.1) is 29.4 Å². The number of carbonyl (C=O) groups is 1. The molecule has 2 aliphatic rings. The lowest BCUT2D eigenvalue weighted by Crippen LogP contribution is -2.45. The maximum absolute atomic E-state index is 13.4. The molecular weight excluding hydrogens is 454 g/mol. The summed E-state index contributed by atoms with van der Waals surface area (Å²) in [6.45, 7) is 5.01. The number of likely N-dealkylation sites (tertiary alicyclic amines) is 1. The molecule has 0 aliphatic carbocycles. The number of hydrogen-bond donors (Lipinski definition) is 1. The smallest absolute Gasteiger partial charge is 0.253 e. The molecule has 0 unspecified atom stereocenters. The fourth-order valence-electron chi connectivity index (χ4n) is 4.37. The molecule has 4 rings (SSSR count). The van der Waals surface area contributed by atoms with E-state index in [1.165, 1.54) is 20.2 Å². The molecule has 1 amide bonds. The molecule has 1 N–H and O–H groups in total. The molecular formula is C24H33N5O4S. The summed E-state index contributed by atoms with van der Waals surface area (Å²) in [5, 5.41) is 3.16. The molecule has 34 heavy (non-hydrogen) atoms. The maximum atomic E-state index is 13.4. The van der Waals surface area contributed by atoms with E-state index in [1.54, 1.807) is 18.3 Å². The van der Waals surface area contributed by atoms with Crippen LogP contribution in [-0.4, -0.2) is 88.0 Å². The van der Waals surface area contributed by atoms with Gasteiger partial charge in [0.2, 0.25) is 10.0 Å². The van der Waals surface area contributed by atoms with Crippen LogP contribution in [0.15, 0.2) is 47.5 Å². The van der Waals surface area contributed by atoms with Crippen molar-refractivity contribution < 1.29 is 17.9 Å². The molecule has 0 saturated carbocycles. The van der Waals surface area contributed by atoms with Gasteiger partial charge in [-0.05, 0) is 43.2 Å². The lowest BCUT2D eigenvalue weighted by molar-refractivity contribution is 0.0907. The number of rotatable bonds is 7. The molecule has 2 fully saturated rings. The number of nitrogens with zero attached hydrogens (tertiary/aromatic N) is 4. The van der Waals surface area contributed by atoms with Crippen LogP contribution in [0.3, 0.4) is 0 Å². The van der Waals surface area contributed by atoms with Gasteiger partial charge in [-0.2, -0.15) is 0 Å². The van der Waals surface area contributed by atoms with Crippen molar-refractivity contribution in [1.29, 1.82) is 0 Å². The number of pyridine rings is 1. The van der Waals surface area contributed by atoms with Crippen LogP contribution in [0.1, 0.15) is 28.9 Å². The first-order chi connectivity index (χ1) is 16.3. The van der Waals surface area contributed by atoms with E-state index in [-0.39, 0.29) is 16.8 Å². The van der Waals surface area contributed by atoms with Crippen molar-refractivity contribution in [3.8, 4) is 0 Å². The molecule has 2 saturated heterocycles. The zero-order valence-corrected chi connectivity index (χ0v) is 20.6. The van der Waals surface area contributed by atoms with Crippen LogP contribution in [0.2, 0.25) is 0 Å². The van der Waals surface area contributed by atoms with Crippen molar-refractivity contribution in [3.05, 3.63) is 53.9 Å². The van der Waals surface area contributed by atoms with E-state index < -0.39 is 10.0 Å². The highest BCUT2D eigenvalue weighted by Gasteiger charge is 2.27. The lowest BCUT2D eigenvalue weighted by Gasteiger charge is -2.33. The minimum atomic E-state index is -3.65. The fourth-order valence-corrected chi connectivity index (χ4v) is 5.30. The van der Waals surface area contributed by atoms with Gasteiger partial charge in [0, 0.05) is 64.7 Å². The van der Waals surface area contributed by atoms with E-state index >= 15 is 0 Å². The van der Waals surface area contributed by atoms with Gasteiger partial charge in [-0.25, -0.2) is 12.7 Å².